The van der Waals surface area contributed by atoms with Crippen LogP contribution >= 0.6 is 0 Å². The lowest BCUT2D eigenvalue weighted by Gasteiger charge is -2.32. The molecule has 2 amide bonds. The van der Waals surface area contributed by atoms with Crippen molar-refractivity contribution in [1.82, 2.24) is 15.2 Å². The normalized spacial score (nSPS) is 16.1. The predicted molar refractivity (Wildman–Crippen MR) is 110 cm³/mol. The van der Waals surface area contributed by atoms with Crippen molar-refractivity contribution in [2.45, 2.75) is 43.4 Å². The summed E-state index contributed by atoms with van der Waals surface area (Å²) in [6.07, 6.45) is 4.12. The first-order chi connectivity index (χ1) is 13.8. The van der Waals surface area contributed by atoms with Crippen molar-refractivity contribution in [1.29, 1.82) is 0 Å². The summed E-state index contributed by atoms with van der Waals surface area (Å²) in [5.74, 6) is 1.12. The lowest BCUT2D eigenvalue weighted by atomic mass is 10.1. The van der Waals surface area contributed by atoms with E-state index in [4.69, 9.17) is 4.42 Å². The zero-order chi connectivity index (χ0) is 20.9. The van der Waals surface area contributed by atoms with Crippen LogP contribution in [0.15, 0.2) is 46.2 Å². The van der Waals surface area contributed by atoms with Crippen LogP contribution in [-0.4, -0.2) is 49.2 Å². The standard InChI is InChI=1S/C20H28N4O4S/c1-15(2)13-24-9-7-19(8-10-24)29(26,27)18-5-3-16(4-6-18)23-20(25)22-12-17-11-21-14-28-17/h3-6,11,14-15,19H,7-10,12-13H2,1-2H3,(H2,22,23,25). The molecule has 0 saturated carbocycles. The molecule has 0 unspecified atom stereocenters. The predicted octanol–water partition coefficient (Wildman–Crippen LogP) is 2.89. The molecule has 0 radical (unpaired) electrons. The number of nitrogens with one attached hydrogen (secondary N) is 2. The molecule has 29 heavy (non-hydrogen) atoms. The van der Waals surface area contributed by atoms with Crippen molar-refractivity contribution in [2.75, 3.05) is 25.0 Å². The van der Waals surface area contributed by atoms with Gasteiger partial charge in [-0.1, -0.05) is 13.8 Å². The van der Waals surface area contributed by atoms with Gasteiger partial charge in [0.25, 0.3) is 0 Å². The minimum atomic E-state index is -3.37. The summed E-state index contributed by atoms with van der Waals surface area (Å²) in [4.78, 5) is 18.3. The van der Waals surface area contributed by atoms with Crippen LogP contribution < -0.4 is 10.6 Å². The number of oxazole rings is 1. The number of hydrogen-bond acceptors (Lipinski definition) is 6. The molecule has 0 spiro atoms. The van der Waals surface area contributed by atoms with Crippen LogP contribution in [0, 0.1) is 5.92 Å². The van der Waals surface area contributed by atoms with Crippen molar-refractivity contribution in [3.05, 3.63) is 42.6 Å². The van der Waals surface area contributed by atoms with E-state index in [2.05, 4.69) is 34.4 Å². The quantitative estimate of drug-likeness (QED) is 0.714. The van der Waals surface area contributed by atoms with Crippen LogP contribution in [0.1, 0.15) is 32.4 Å². The number of likely N-dealkylation sites (tertiary alicyclic amines) is 1. The molecule has 1 saturated heterocycles. The summed E-state index contributed by atoms with van der Waals surface area (Å²) >= 11 is 0. The highest BCUT2D eigenvalue weighted by molar-refractivity contribution is 7.92. The highest BCUT2D eigenvalue weighted by atomic mass is 32.2. The topological polar surface area (TPSA) is 105 Å². The van der Waals surface area contributed by atoms with Crippen LogP contribution in [0.25, 0.3) is 0 Å². The third-order valence-electron chi connectivity index (χ3n) is 4.94. The van der Waals surface area contributed by atoms with Crippen molar-refractivity contribution < 1.29 is 17.6 Å². The Bertz CT molecular complexity index is 887. The van der Waals surface area contributed by atoms with E-state index >= 15 is 0 Å². The van der Waals surface area contributed by atoms with Crippen LogP contribution in [0.4, 0.5) is 10.5 Å². The summed E-state index contributed by atoms with van der Waals surface area (Å²) < 4.78 is 30.9. The third-order valence-corrected chi connectivity index (χ3v) is 7.22. The number of benzene rings is 1. The molecule has 3 rings (SSSR count). The number of aromatic nitrogens is 1. The fourth-order valence-corrected chi connectivity index (χ4v) is 5.24. The number of hydrogen-bond donors (Lipinski definition) is 2. The number of rotatable bonds is 7. The minimum absolute atomic E-state index is 0.216. The molecule has 2 aromatic rings. The summed E-state index contributed by atoms with van der Waals surface area (Å²) in [6.45, 7) is 7.19. The van der Waals surface area contributed by atoms with E-state index in [1.165, 1.54) is 12.6 Å². The summed E-state index contributed by atoms with van der Waals surface area (Å²) in [7, 11) is -3.37. The highest BCUT2D eigenvalue weighted by Crippen LogP contribution is 2.26. The van der Waals surface area contributed by atoms with Crippen molar-refractivity contribution in [2.24, 2.45) is 5.92 Å². The number of sulfone groups is 1. The van der Waals surface area contributed by atoms with E-state index in [0.717, 1.165) is 19.6 Å². The second-order valence-electron chi connectivity index (χ2n) is 7.74. The largest absolute Gasteiger partial charge is 0.447 e. The maximum atomic E-state index is 12.9. The maximum absolute atomic E-state index is 12.9. The molecule has 0 bridgehead atoms. The van der Waals surface area contributed by atoms with Crippen molar-refractivity contribution >= 4 is 21.6 Å². The fraction of sp³-hybridized carbons (Fsp3) is 0.500. The summed E-state index contributed by atoms with van der Waals surface area (Å²) in [6, 6.07) is 5.92. The van der Waals surface area contributed by atoms with Crippen LogP contribution in [0.5, 0.6) is 0 Å². The number of carbonyl (C=O) groups is 1. The van der Waals surface area contributed by atoms with Gasteiger partial charge in [-0.05, 0) is 56.1 Å². The molecule has 158 valence electrons. The van der Waals surface area contributed by atoms with E-state index in [0.29, 0.717) is 35.1 Å². The first kappa shape index (κ1) is 21.3. The molecule has 1 aromatic carbocycles. The molecule has 8 nitrogen and oxygen atoms in total. The Morgan fingerprint density at radius 1 is 1.24 bits per heavy atom. The first-order valence-corrected chi connectivity index (χ1v) is 11.4. The molecule has 1 aromatic heterocycles. The van der Waals surface area contributed by atoms with E-state index in [-0.39, 0.29) is 11.8 Å². The zero-order valence-corrected chi connectivity index (χ0v) is 17.6. The first-order valence-electron chi connectivity index (χ1n) is 9.83. The summed E-state index contributed by atoms with van der Waals surface area (Å²) in [5.41, 5.74) is 0.519. The zero-order valence-electron chi connectivity index (χ0n) is 16.8. The monoisotopic (exact) mass is 420 g/mol. The third kappa shape index (κ3) is 5.80. The van der Waals surface area contributed by atoms with Crippen molar-refractivity contribution in [3.8, 4) is 0 Å². The molecule has 1 aliphatic heterocycles. The minimum Gasteiger partial charge on any atom is -0.447 e. The molecule has 2 N–H and O–H groups in total. The lowest BCUT2D eigenvalue weighted by molar-refractivity contribution is 0.207. The number of piperidine rings is 1. The van der Waals surface area contributed by atoms with E-state index in [1.807, 2.05) is 0 Å². The molecular formula is C20H28N4O4S. The summed E-state index contributed by atoms with van der Waals surface area (Å²) in [5, 5.41) is 4.96. The second-order valence-corrected chi connectivity index (χ2v) is 9.97. The van der Waals surface area contributed by atoms with Gasteiger partial charge in [0.15, 0.2) is 16.2 Å². The smallest absolute Gasteiger partial charge is 0.319 e. The van der Waals surface area contributed by atoms with Gasteiger partial charge in [-0.3, -0.25) is 0 Å². The van der Waals surface area contributed by atoms with Gasteiger partial charge >= 0.3 is 6.03 Å². The SMILES string of the molecule is CC(C)CN1CCC(S(=O)(=O)c2ccc(NC(=O)NCc3cnco3)cc2)CC1. The van der Waals surface area contributed by atoms with E-state index in [9.17, 15) is 13.2 Å². The number of carbonyl (C=O) groups excluding carboxylic acids is 1. The van der Waals surface area contributed by atoms with Crippen molar-refractivity contribution in [3.63, 3.8) is 0 Å². The second kappa shape index (κ2) is 9.41. The molecule has 0 atom stereocenters. The Kier molecular flexibility index (Phi) is 6.92. The maximum Gasteiger partial charge on any atom is 0.319 e. The van der Waals surface area contributed by atoms with Gasteiger partial charge in [0.2, 0.25) is 0 Å². The van der Waals surface area contributed by atoms with E-state index < -0.39 is 15.9 Å². The van der Waals surface area contributed by atoms with Gasteiger partial charge in [-0.25, -0.2) is 18.2 Å². The molecule has 9 heteroatoms. The van der Waals surface area contributed by atoms with Crippen LogP contribution in [0.2, 0.25) is 0 Å². The molecular weight excluding hydrogens is 392 g/mol. The molecule has 2 heterocycles. The number of urea groups is 1. The molecule has 1 aliphatic rings. The van der Waals surface area contributed by atoms with Gasteiger partial charge in [0.1, 0.15) is 5.76 Å². The van der Waals surface area contributed by atoms with Gasteiger partial charge in [0, 0.05) is 12.2 Å². The molecule has 1 fully saturated rings. The van der Waals surface area contributed by atoms with Gasteiger partial charge in [-0.15, -0.1) is 0 Å². The van der Waals surface area contributed by atoms with E-state index in [1.54, 1.807) is 24.3 Å². The Balaban J connectivity index is 1.54. The van der Waals surface area contributed by atoms with Crippen LogP contribution in [-0.2, 0) is 16.4 Å². The van der Waals surface area contributed by atoms with Crippen LogP contribution in [0.3, 0.4) is 0 Å². The average molecular weight is 421 g/mol. The Labute approximate surface area is 171 Å². The Morgan fingerprint density at radius 2 is 1.93 bits per heavy atom. The Morgan fingerprint density at radius 3 is 2.52 bits per heavy atom. The van der Waals surface area contributed by atoms with Gasteiger partial charge in [0.05, 0.1) is 22.9 Å². The van der Waals surface area contributed by atoms with Gasteiger partial charge < -0.3 is 20.0 Å². The Hall–Kier alpha value is -2.39. The molecule has 0 aliphatic carbocycles. The average Bonchev–Trinajstić information content (AvgIpc) is 3.20. The lowest BCUT2D eigenvalue weighted by Crippen LogP contribution is -2.40. The number of anilines is 1. The fourth-order valence-electron chi connectivity index (χ4n) is 3.51. The number of nitrogens with zero attached hydrogens (tertiary/aromatic N) is 2. The highest BCUT2D eigenvalue weighted by Gasteiger charge is 2.31. The number of amides is 2. The van der Waals surface area contributed by atoms with Gasteiger partial charge in [-0.2, -0.15) is 0 Å².